The molecule has 0 amide bonds. The summed E-state index contributed by atoms with van der Waals surface area (Å²) in [4.78, 5) is 14.2. The Hall–Kier alpha value is -2.37. The maximum Gasteiger partial charge on any atom is 0.231 e. The first-order chi connectivity index (χ1) is 9.65. The first-order valence-electron chi connectivity index (χ1n) is 6.62. The van der Waals surface area contributed by atoms with Crippen LogP contribution in [0.25, 0.3) is 0 Å². The number of hydrogen-bond acceptors (Lipinski definition) is 6. The predicted octanol–water partition coefficient (Wildman–Crippen LogP) is 1.56. The molecule has 20 heavy (non-hydrogen) atoms. The van der Waals surface area contributed by atoms with Gasteiger partial charge in [-0.15, -0.1) is 0 Å². The number of nitrogens with one attached hydrogen (secondary N) is 1. The van der Waals surface area contributed by atoms with Crippen LogP contribution in [0, 0.1) is 0 Å². The minimum Gasteiger partial charge on any atom is -0.368 e. The van der Waals surface area contributed by atoms with Gasteiger partial charge in [0.25, 0.3) is 0 Å². The molecule has 0 aliphatic heterocycles. The van der Waals surface area contributed by atoms with Crippen LogP contribution in [0.4, 0.5) is 17.8 Å². The molecule has 0 fully saturated rings. The molecule has 0 atom stereocenters. The highest BCUT2D eigenvalue weighted by atomic mass is 15.3. The van der Waals surface area contributed by atoms with Gasteiger partial charge in [0.1, 0.15) is 0 Å². The Labute approximate surface area is 119 Å². The molecule has 2 rings (SSSR count). The SMILES string of the molecule is CN(C)c1nc(N)nc(NCCCc2ccccc2)n1. The molecule has 0 bridgehead atoms. The fourth-order valence-corrected chi connectivity index (χ4v) is 1.80. The second-order valence-corrected chi connectivity index (χ2v) is 4.73. The maximum absolute atomic E-state index is 5.66. The summed E-state index contributed by atoms with van der Waals surface area (Å²) in [5.74, 6) is 1.31. The first kappa shape index (κ1) is 14.0. The lowest BCUT2D eigenvalue weighted by atomic mass is 10.1. The van der Waals surface area contributed by atoms with Gasteiger partial charge in [-0.1, -0.05) is 30.3 Å². The molecular formula is C14H20N6. The van der Waals surface area contributed by atoms with Crippen molar-refractivity contribution in [3.8, 4) is 0 Å². The van der Waals surface area contributed by atoms with Crippen LogP contribution in [0.5, 0.6) is 0 Å². The van der Waals surface area contributed by atoms with E-state index in [9.17, 15) is 0 Å². The molecule has 0 saturated heterocycles. The molecule has 0 saturated carbocycles. The molecule has 0 spiro atoms. The Morgan fingerprint density at radius 2 is 1.85 bits per heavy atom. The molecule has 6 heteroatoms. The van der Waals surface area contributed by atoms with E-state index in [0.29, 0.717) is 11.9 Å². The second kappa shape index (κ2) is 6.70. The number of nitrogens with two attached hydrogens (primary N) is 1. The lowest BCUT2D eigenvalue weighted by Gasteiger charge is -2.12. The quantitative estimate of drug-likeness (QED) is 0.777. The van der Waals surface area contributed by atoms with Crippen LogP contribution in [0.2, 0.25) is 0 Å². The Kier molecular flexibility index (Phi) is 4.70. The Morgan fingerprint density at radius 1 is 1.10 bits per heavy atom. The summed E-state index contributed by atoms with van der Waals surface area (Å²) in [5, 5.41) is 3.18. The van der Waals surface area contributed by atoms with Crippen LogP contribution in [-0.4, -0.2) is 35.6 Å². The third-order valence-electron chi connectivity index (χ3n) is 2.81. The fourth-order valence-electron chi connectivity index (χ4n) is 1.80. The van der Waals surface area contributed by atoms with E-state index >= 15 is 0 Å². The Morgan fingerprint density at radius 3 is 2.55 bits per heavy atom. The molecular weight excluding hydrogens is 252 g/mol. The molecule has 1 aromatic carbocycles. The van der Waals surface area contributed by atoms with Crippen molar-refractivity contribution >= 4 is 17.8 Å². The monoisotopic (exact) mass is 272 g/mol. The van der Waals surface area contributed by atoms with Crippen molar-refractivity contribution in [1.29, 1.82) is 0 Å². The average Bonchev–Trinajstić information content (AvgIpc) is 2.44. The van der Waals surface area contributed by atoms with Gasteiger partial charge >= 0.3 is 0 Å². The Bertz CT molecular complexity index is 541. The molecule has 0 aliphatic rings. The van der Waals surface area contributed by atoms with Crippen molar-refractivity contribution in [3.63, 3.8) is 0 Å². The average molecular weight is 272 g/mol. The molecule has 0 unspecified atom stereocenters. The first-order valence-corrected chi connectivity index (χ1v) is 6.62. The summed E-state index contributed by atoms with van der Waals surface area (Å²) >= 11 is 0. The Balaban J connectivity index is 1.85. The van der Waals surface area contributed by atoms with Gasteiger partial charge in [-0.05, 0) is 18.4 Å². The van der Waals surface area contributed by atoms with E-state index < -0.39 is 0 Å². The van der Waals surface area contributed by atoms with E-state index in [0.717, 1.165) is 19.4 Å². The highest BCUT2D eigenvalue weighted by Gasteiger charge is 2.05. The smallest absolute Gasteiger partial charge is 0.231 e. The lowest BCUT2D eigenvalue weighted by Crippen LogP contribution is -2.17. The van der Waals surface area contributed by atoms with Gasteiger partial charge in [-0.2, -0.15) is 15.0 Å². The number of aryl methyl sites for hydroxylation is 1. The number of rotatable bonds is 6. The van der Waals surface area contributed by atoms with Gasteiger partial charge in [-0.25, -0.2) is 0 Å². The van der Waals surface area contributed by atoms with E-state index in [1.165, 1.54) is 5.56 Å². The molecule has 1 heterocycles. The predicted molar refractivity (Wildman–Crippen MR) is 81.8 cm³/mol. The standard InChI is InChI=1S/C14H20N6/c1-20(2)14-18-12(15)17-13(19-14)16-10-6-9-11-7-4-3-5-8-11/h3-5,7-8H,6,9-10H2,1-2H3,(H3,15,16,17,18,19). The number of benzene rings is 1. The van der Waals surface area contributed by atoms with Gasteiger partial charge in [0.15, 0.2) is 0 Å². The molecule has 3 N–H and O–H groups in total. The van der Waals surface area contributed by atoms with Gasteiger partial charge in [0, 0.05) is 20.6 Å². The normalized spacial score (nSPS) is 10.3. The number of nitrogens with zero attached hydrogens (tertiary/aromatic N) is 4. The van der Waals surface area contributed by atoms with Crippen LogP contribution >= 0.6 is 0 Å². The third kappa shape index (κ3) is 4.08. The van der Waals surface area contributed by atoms with E-state index in [1.807, 2.05) is 20.2 Å². The largest absolute Gasteiger partial charge is 0.368 e. The summed E-state index contributed by atoms with van der Waals surface area (Å²) in [6.07, 6.45) is 2.03. The van der Waals surface area contributed by atoms with Crippen molar-refractivity contribution in [2.45, 2.75) is 12.8 Å². The molecule has 6 nitrogen and oxygen atoms in total. The maximum atomic E-state index is 5.66. The van der Waals surface area contributed by atoms with E-state index in [4.69, 9.17) is 5.73 Å². The zero-order valence-corrected chi connectivity index (χ0v) is 11.9. The number of hydrogen-bond donors (Lipinski definition) is 2. The van der Waals surface area contributed by atoms with Crippen LogP contribution < -0.4 is 16.0 Å². The zero-order valence-electron chi connectivity index (χ0n) is 11.9. The molecule has 106 valence electrons. The van der Waals surface area contributed by atoms with E-state index in [-0.39, 0.29) is 5.95 Å². The number of nitrogen functional groups attached to an aromatic ring is 1. The van der Waals surface area contributed by atoms with Crippen molar-refractivity contribution in [3.05, 3.63) is 35.9 Å². The topological polar surface area (TPSA) is 80.0 Å². The summed E-state index contributed by atoms with van der Waals surface area (Å²) in [5.41, 5.74) is 7.00. The number of anilines is 3. The van der Waals surface area contributed by atoms with Crippen molar-refractivity contribution in [1.82, 2.24) is 15.0 Å². The van der Waals surface area contributed by atoms with E-state index in [2.05, 4.69) is 44.5 Å². The third-order valence-corrected chi connectivity index (χ3v) is 2.81. The lowest BCUT2D eigenvalue weighted by molar-refractivity contribution is 0.848. The van der Waals surface area contributed by atoms with Gasteiger partial charge in [0.2, 0.25) is 17.8 Å². The minimum atomic E-state index is 0.231. The molecule has 1 aromatic heterocycles. The van der Waals surface area contributed by atoms with Crippen molar-refractivity contribution in [2.24, 2.45) is 0 Å². The summed E-state index contributed by atoms with van der Waals surface area (Å²) in [6, 6.07) is 10.4. The highest BCUT2D eigenvalue weighted by Crippen LogP contribution is 2.09. The summed E-state index contributed by atoms with van der Waals surface area (Å²) in [7, 11) is 3.74. The highest BCUT2D eigenvalue weighted by molar-refractivity contribution is 5.40. The molecule has 0 radical (unpaired) electrons. The number of aromatic nitrogens is 3. The molecule has 2 aromatic rings. The van der Waals surface area contributed by atoms with Gasteiger partial charge < -0.3 is 16.0 Å². The molecule has 0 aliphatic carbocycles. The van der Waals surface area contributed by atoms with Crippen LogP contribution in [-0.2, 0) is 6.42 Å². The summed E-state index contributed by atoms with van der Waals surface area (Å²) in [6.45, 7) is 0.797. The zero-order chi connectivity index (χ0) is 14.4. The van der Waals surface area contributed by atoms with Crippen LogP contribution in [0.15, 0.2) is 30.3 Å². The van der Waals surface area contributed by atoms with Gasteiger partial charge in [0.05, 0.1) is 0 Å². The summed E-state index contributed by atoms with van der Waals surface area (Å²) < 4.78 is 0. The van der Waals surface area contributed by atoms with Crippen LogP contribution in [0.3, 0.4) is 0 Å². The van der Waals surface area contributed by atoms with Crippen LogP contribution in [0.1, 0.15) is 12.0 Å². The second-order valence-electron chi connectivity index (χ2n) is 4.73. The van der Waals surface area contributed by atoms with Crippen molar-refractivity contribution < 1.29 is 0 Å². The van der Waals surface area contributed by atoms with E-state index in [1.54, 1.807) is 4.90 Å². The minimum absolute atomic E-state index is 0.231. The van der Waals surface area contributed by atoms with Crippen molar-refractivity contribution in [2.75, 3.05) is 36.6 Å². The van der Waals surface area contributed by atoms with Gasteiger partial charge in [-0.3, -0.25) is 0 Å². The fraction of sp³-hybridized carbons (Fsp3) is 0.357.